The first kappa shape index (κ1) is 21.5. The molecule has 7 heteroatoms. The summed E-state index contributed by atoms with van der Waals surface area (Å²) in [5.41, 5.74) is 1.91. The van der Waals surface area contributed by atoms with E-state index in [0.29, 0.717) is 37.0 Å². The first-order valence-corrected chi connectivity index (χ1v) is 11.4. The molecule has 156 valence electrons. The molecule has 1 aliphatic heterocycles. The second kappa shape index (κ2) is 9.52. The predicted octanol–water partition coefficient (Wildman–Crippen LogP) is 2.83. The summed E-state index contributed by atoms with van der Waals surface area (Å²) in [6, 6.07) is 16.5. The summed E-state index contributed by atoms with van der Waals surface area (Å²) in [5, 5.41) is 2.86. The van der Waals surface area contributed by atoms with Crippen molar-refractivity contribution in [2.24, 2.45) is 5.92 Å². The summed E-state index contributed by atoms with van der Waals surface area (Å²) >= 11 is 0. The van der Waals surface area contributed by atoms with Crippen LogP contribution in [0, 0.1) is 5.92 Å². The highest BCUT2D eigenvalue weighted by Gasteiger charge is 2.29. The number of anilines is 1. The van der Waals surface area contributed by atoms with E-state index in [4.69, 9.17) is 0 Å². The minimum absolute atomic E-state index is 0.0896. The number of amides is 1. The van der Waals surface area contributed by atoms with Crippen LogP contribution >= 0.6 is 0 Å². The quantitative estimate of drug-likeness (QED) is 0.755. The standard InChI is InChI=1S/C22H29N3O3S/c1-18(2)16-19-8-10-21(11-9-19)29(27,28)25-14-12-24(13-15-25)17-22(26)23-20-6-4-3-5-7-20/h3-11,18H,12-17H2,1-2H3,(H,23,26). The van der Waals surface area contributed by atoms with Crippen molar-refractivity contribution in [1.82, 2.24) is 9.21 Å². The number of nitrogens with zero attached hydrogens (tertiary/aromatic N) is 2. The Kier molecular flexibility index (Phi) is 7.05. The SMILES string of the molecule is CC(C)Cc1ccc(S(=O)(=O)N2CCN(CC(=O)Nc3ccccc3)CC2)cc1. The highest BCUT2D eigenvalue weighted by Crippen LogP contribution is 2.19. The van der Waals surface area contributed by atoms with Gasteiger partial charge in [0.25, 0.3) is 0 Å². The number of nitrogens with one attached hydrogen (secondary N) is 1. The Bertz CT molecular complexity index is 904. The maximum Gasteiger partial charge on any atom is 0.243 e. The summed E-state index contributed by atoms with van der Waals surface area (Å²) < 4.78 is 27.3. The highest BCUT2D eigenvalue weighted by atomic mass is 32.2. The molecule has 0 saturated carbocycles. The number of carbonyl (C=O) groups is 1. The number of benzene rings is 2. The Morgan fingerprint density at radius 2 is 1.59 bits per heavy atom. The third-order valence-electron chi connectivity index (χ3n) is 4.96. The van der Waals surface area contributed by atoms with Gasteiger partial charge >= 0.3 is 0 Å². The van der Waals surface area contributed by atoms with Crippen LogP contribution in [-0.2, 0) is 21.2 Å². The van der Waals surface area contributed by atoms with Crippen molar-refractivity contribution in [2.45, 2.75) is 25.2 Å². The van der Waals surface area contributed by atoms with Gasteiger partial charge in [-0.1, -0.05) is 44.2 Å². The molecule has 0 bridgehead atoms. The van der Waals surface area contributed by atoms with Gasteiger partial charge in [0.15, 0.2) is 0 Å². The monoisotopic (exact) mass is 415 g/mol. The fraction of sp³-hybridized carbons (Fsp3) is 0.409. The van der Waals surface area contributed by atoms with Crippen molar-refractivity contribution >= 4 is 21.6 Å². The molecule has 0 radical (unpaired) electrons. The van der Waals surface area contributed by atoms with Crippen LogP contribution in [0.5, 0.6) is 0 Å². The lowest BCUT2D eigenvalue weighted by Crippen LogP contribution is -2.50. The van der Waals surface area contributed by atoms with Crippen LogP contribution in [0.15, 0.2) is 59.5 Å². The Balaban J connectivity index is 1.53. The van der Waals surface area contributed by atoms with Gasteiger partial charge < -0.3 is 5.32 Å². The van der Waals surface area contributed by atoms with Gasteiger partial charge in [0.2, 0.25) is 15.9 Å². The zero-order valence-corrected chi connectivity index (χ0v) is 17.9. The van der Waals surface area contributed by atoms with Gasteiger partial charge in [-0.3, -0.25) is 9.69 Å². The molecule has 0 atom stereocenters. The van der Waals surface area contributed by atoms with Crippen LogP contribution in [0.1, 0.15) is 19.4 Å². The molecular formula is C22H29N3O3S. The van der Waals surface area contributed by atoms with Crippen LogP contribution in [0.2, 0.25) is 0 Å². The Labute approximate surface area is 173 Å². The van der Waals surface area contributed by atoms with E-state index in [1.54, 1.807) is 12.1 Å². The van der Waals surface area contributed by atoms with Crippen molar-refractivity contribution in [1.29, 1.82) is 0 Å². The third kappa shape index (κ3) is 5.88. The summed E-state index contributed by atoms with van der Waals surface area (Å²) in [6.45, 7) is 6.38. The van der Waals surface area contributed by atoms with Crippen LogP contribution in [0.3, 0.4) is 0 Å². The second-order valence-electron chi connectivity index (χ2n) is 7.84. The first-order valence-electron chi connectivity index (χ1n) is 10.0. The van der Waals surface area contributed by atoms with E-state index in [9.17, 15) is 13.2 Å². The van der Waals surface area contributed by atoms with Crippen LogP contribution in [0.25, 0.3) is 0 Å². The lowest BCUT2D eigenvalue weighted by Gasteiger charge is -2.33. The smallest absolute Gasteiger partial charge is 0.243 e. The van der Waals surface area contributed by atoms with Crippen LogP contribution in [-0.4, -0.2) is 56.3 Å². The zero-order chi connectivity index (χ0) is 20.9. The molecule has 1 saturated heterocycles. The van der Waals surface area contributed by atoms with E-state index in [-0.39, 0.29) is 12.5 Å². The molecule has 0 aliphatic carbocycles. The normalized spacial score (nSPS) is 16.1. The van der Waals surface area contributed by atoms with Crippen molar-refractivity contribution in [3.63, 3.8) is 0 Å². The lowest BCUT2D eigenvalue weighted by atomic mass is 10.0. The van der Waals surface area contributed by atoms with E-state index in [1.807, 2.05) is 47.4 Å². The van der Waals surface area contributed by atoms with Gasteiger partial charge in [-0.15, -0.1) is 0 Å². The number of para-hydroxylation sites is 1. The van der Waals surface area contributed by atoms with Crippen molar-refractivity contribution in [2.75, 3.05) is 38.0 Å². The van der Waals surface area contributed by atoms with Crippen molar-refractivity contribution in [3.8, 4) is 0 Å². The highest BCUT2D eigenvalue weighted by molar-refractivity contribution is 7.89. The van der Waals surface area contributed by atoms with Gasteiger partial charge in [0.05, 0.1) is 11.4 Å². The molecule has 1 N–H and O–H groups in total. The molecule has 0 spiro atoms. The average Bonchev–Trinajstić information content (AvgIpc) is 2.69. The molecule has 1 amide bonds. The summed E-state index contributed by atoms with van der Waals surface area (Å²) in [4.78, 5) is 14.5. The van der Waals surface area contributed by atoms with E-state index >= 15 is 0 Å². The predicted molar refractivity (Wildman–Crippen MR) is 115 cm³/mol. The summed E-state index contributed by atoms with van der Waals surface area (Å²) in [5.74, 6) is 0.442. The molecule has 1 heterocycles. The maximum absolute atomic E-state index is 12.9. The minimum Gasteiger partial charge on any atom is -0.325 e. The zero-order valence-electron chi connectivity index (χ0n) is 17.0. The molecule has 2 aromatic carbocycles. The average molecular weight is 416 g/mol. The number of sulfonamides is 1. The fourth-order valence-electron chi connectivity index (χ4n) is 3.47. The van der Waals surface area contributed by atoms with Gasteiger partial charge in [-0.25, -0.2) is 8.42 Å². The van der Waals surface area contributed by atoms with Gasteiger partial charge in [-0.2, -0.15) is 4.31 Å². The largest absolute Gasteiger partial charge is 0.325 e. The molecule has 0 aromatic heterocycles. The first-order chi connectivity index (χ1) is 13.8. The maximum atomic E-state index is 12.9. The number of hydrogen-bond acceptors (Lipinski definition) is 4. The number of rotatable bonds is 7. The van der Waals surface area contributed by atoms with Gasteiger partial charge in [-0.05, 0) is 42.2 Å². The van der Waals surface area contributed by atoms with Gasteiger partial charge in [0.1, 0.15) is 0 Å². The molecule has 1 fully saturated rings. The Hall–Kier alpha value is -2.22. The number of carbonyl (C=O) groups excluding carboxylic acids is 1. The topological polar surface area (TPSA) is 69.7 Å². The number of piperazine rings is 1. The van der Waals surface area contributed by atoms with E-state index < -0.39 is 10.0 Å². The molecule has 1 aliphatic rings. The minimum atomic E-state index is -3.50. The van der Waals surface area contributed by atoms with E-state index in [1.165, 1.54) is 4.31 Å². The van der Waals surface area contributed by atoms with Crippen LogP contribution < -0.4 is 5.32 Å². The van der Waals surface area contributed by atoms with Gasteiger partial charge in [0, 0.05) is 31.9 Å². The summed E-state index contributed by atoms with van der Waals surface area (Å²) in [6.07, 6.45) is 0.935. The molecule has 0 unspecified atom stereocenters. The van der Waals surface area contributed by atoms with E-state index in [0.717, 1.165) is 17.7 Å². The molecule has 29 heavy (non-hydrogen) atoms. The second-order valence-corrected chi connectivity index (χ2v) is 9.77. The fourth-order valence-corrected chi connectivity index (χ4v) is 4.89. The Morgan fingerprint density at radius 3 is 2.17 bits per heavy atom. The lowest BCUT2D eigenvalue weighted by molar-refractivity contribution is -0.117. The van der Waals surface area contributed by atoms with E-state index in [2.05, 4.69) is 19.2 Å². The molecule has 6 nitrogen and oxygen atoms in total. The number of hydrogen-bond donors (Lipinski definition) is 1. The Morgan fingerprint density at radius 1 is 0.966 bits per heavy atom. The van der Waals surface area contributed by atoms with Crippen LogP contribution in [0.4, 0.5) is 5.69 Å². The molecule has 2 aromatic rings. The molecular weight excluding hydrogens is 386 g/mol. The molecule has 3 rings (SSSR count). The summed E-state index contributed by atoms with van der Waals surface area (Å²) in [7, 11) is -3.50. The van der Waals surface area contributed by atoms with Crippen molar-refractivity contribution in [3.05, 3.63) is 60.2 Å². The third-order valence-corrected chi connectivity index (χ3v) is 6.87. The van der Waals surface area contributed by atoms with Crippen molar-refractivity contribution < 1.29 is 13.2 Å².